The fraction of sp³-hybridized carbons (Fsp3) is 0. The second kappa shape index (κ2) is 11.2. The lowest BCUT2D eigenvalue weighted by Gasteiger charge is -2.15. The molecule has 0 bridgehead atoms. The molecule has 0 N–H and O–H groups in total. The SMILES string of the molecule is c1ccc(-c2nc(-c3ccc(-n4c5ccc6sc7ccc8c9cccc%10c%11ccc4c4c5c6c7c8n(c9%10)c%114)c4ccccc34)nc(-c3cccc4c3sc3ccccc34)n2)cc1. The van der Waals surface area contributed by atoms with E-state index in [0.717, 1.165) is 33.2 Å². The van der Waals surface area contributed by atoms with Gasteiger partial charge in [-0.2, -0.15) is 0 Å². The monoisotopic (exact) mass is 821 g/mol. The highest BCUT2D eigenvalue weighted by atomic mass is 32.1. The van der Waals surface area contributed by atoms with Gasteiger partial charge in [0.05, 0.1) is 33.3 Å². The second-order valence-corrected chi connectivity index (χ2v) is 18.8. The highest BCUT2D eigenvalue weighted by Gasteiger charge is 2.29. The van der Waals surface area contributed by atoms with Crippen LogP contribution in [-0.4, -0.2) is 23.9 Å². The molecular formula is C55H27N5S2. The fourth-order valence-electron chi connectivity index (χ4n) is 11.1. The number of thiophene rings is 2. The predicted octanol–water partition coefficient (Wildman–Crippen LogP) is 15.3. The third kappa shape index (κ3) is 3.80. The zero-order chi connectivity index (χ0) is 39.9. The summed E-state index contributed by atoms with van der Waals surface area (Å²) in [5.74, 6) is 1.98. The number of aromatic nitrogens is 5. The molecule has 16 aromatic rings. The topological polar surface area (TPSA) is 48.0 Å². The third-order valence-electron chi connectivity index (χ3n) is 13.6. The Labute approximate surface area is 359 Å². The van der Waals surface area contributed by atoms with Crippen LogP contribution in [0.4, 0.5) is 0 Å². The Kier molecular flexibility index (Phi) is 5.78. The van der Waals surface area contributed by atoms with Crippen LogP contribution in [0.5, 0.6) is 0 Å². The summed E-state index contributed by atoms with van der Waals surface area (Å²) in [4.78, 5) is 15.8. The van der Waals surface area contributed by atoms with Gasteiger partial charge in [0.2, 0.25) is 0 Å². The molecule has 0 unspecified atom stereocenters. The Morgan fingerprint density at radius 2 is 0.952 bits per heavy atom. The highest BCUT2D eigenvalue weighted by molar-refractivity contribution is 7.26. The summed E-state index contributed by atoms with van der Waals surface area (Å²) in [7, 11) is 0. The molecule has 5 nitrogen and oxygen atoms in total. The Morgan fingerprint density at radius 1 is 0.339 bits per heavy atom. The first-order chi connectivity index (χ1) is 30.8. The van der Waals surface area contributed by atoms with Crippen molar-refractivity contribution in [3.8, 4) is 39.9 Å². The molecule has 0 aliphatic rings. The molecule has 0 atom stereocenters. The molecule has 9 aromatic carbocycles. The van der Waals surface area contributed by atoms with Crippen molar-refractivity contribution < 1.29 is 0 Å². The normalized spacial score (nSPS) is 12.8. The van der Waals surface area contributed by atoms with Gasteiger partial charge >= 0.3 is 0 Å². The van der Waals surface area contributed by atoms with E-state index in [4.69, 9.17) is 15.0 Å². The van der Waals surface area contributed by atoms with Crippen molar-refractivity contribution in [2.45, 2.75) is 0 Å². The van der Waals surface area contributed by atoms with E-state index in [9.17, 15) is 0 Å². The molecular weight excluding hydrogens is 795 g/mol. The van der Waals surface area contributed by atoms with Gasteiger partial charge in [-0.25, -0.2) is 15.0 Å². The summed E-state index contributed by atoms with van der Waals surface area (Å²) in [6.45, 7) is 0. The van der Waals surface area contributed by atoms with E-state index >= 15 is 0 Å². The molecule has 0 fully saturated rings. The Hall–Kier alpha value is -7.71. The number of nitrogens with zero attached hydrogens (tertiary/aromatic N) is 5. The van der Waals surface area contributed by atoms with E-state index in [1.807, 2.05) is 29.5 Å². The lowest BCUT2D eigenvalue weighted by atomic mass is 10.0. The van der Waals surface area contributed by atoms with Crippen LogP contribution in [0.15, 0.2) is 164 Å². The summed E-state index contributed by atoms with van der Waals surface area (Å²) in [5.41, 5.74) is 10.5. The minimum absolute atomic E-state index is 0.654. The van der Waals surface area contributed by atoms with Gasteiger partial charge in [0.1, 0.15) is 0 Å². The van der Waals surface area contributed by atoms with Crippen LogP contribution >= 0.6 is 22.7 Å². The van der Waals surface area contributed by atoms with Crippen molar-refractivity contribution in [3.05, 3.63) is 164 Å². The van der Waals surface area contributed by atoms with Crippen LogP contribution in [-0.2, 0) is 0 Å². The summed E-state index contributed by atoms with van der Waals surface area (Å²) in [6, 6.07) is 59.7. The highest BCUT2D eigenvalue weighted by Crippen LogP contribution is 2.53. The summed E-state index contributed by atoms with van der Waals surface area (Å²) >= 11 is 3.71. The minimum atomic E-state index is 0.654. The lowest BCUT2D eigenvalue weighted by molar-refractivity contribution is 1.08. The largest absolute Gasteiger partial charge is 0.309 e. The van der Waals surface area contributed by atoms with Crippen LogP contribution in [0, 0.1) is 0 Å². The standard InChI is InChI=1S/C55H27N5S2/c1-2-10-28(11-3-1)53-56-54(58-55(57-53)38-18-9-17-36-31-14-6-7-19-42(31)62-52(36)38)37-21-23-39(30-13-5-4-12-29(30)37)59-40-25-27-43-47-45(40)46-41(59)24-20-34-32-15-8-16-33-35-22-26-44(61-43)48(47)51(35)60(49(32)33)50(34)46/h1-27H. The molecule has 7 heterocycles. The average Bonchev–Trinajstić information content (AvgIpc) is 4.12. The molecule has 0 aliphatic carbocycles. The zero-order valence-corrected chi connectivity index (χ0v) is 34.3. The van der Waals surface area contributed by atoms with Crippen LogP contribution in [0.25, 0.3) is 151 Å². The van der Waals surface area contributed by atoms with Crippen molar-refractivity contribution in [1.29, 1.82) is 0 Å². The molecule has 0 spiro atoms. The number of para-hydroxylation sites is 1. The summed E-state index contributed by atoms with van der Waals surface area (Å²) in [5, 5.41) is 15.4. The number of benzene rings is 9. The molecule has 0 saturated heterocycles. The molecule has 0 aliphatic heterocycles. The molecule has 0 saturated carbocycles. The molecule has 16 rings (SSSR count). The Bertz CT molecular complexity index is 4510. The van der Waals surface area contributed by atoms with Gasteiger partial charge in [0.25, 0.3) is 0 Å². The van der Waals surface area contributed by atoms with E-state index in [2.05, 4.69) is 155 Å². The van der Waals surface area contributed by atoms with Crippen LogP contribution in [0.2, 0.25) is 0 Å². The molecule has 0 amide bonds. The second-order valence-electron chi connectivity index (χ2n) is 16.6. The van der Waals surface area contributed by atoms with E-state index in [1.54, 1.807) is 11.3 Å². The number of hydrogen-bond donors (Lipinski definition) is 0. The molecule has 62 heavy (non-hydrogen) atoms. The van der Waals surface area contributed by atoms with Crippen LogP contribution < -0.4 is 0 Å². The zero-order valence-electron chi connectivity index (χ0n) is 32.6. The first-order valence-electron chi connectivity index (χ1n) is 20.9. The van der Waals surface area contributed by atoms with E-state index in [0.29, 0.717) is 17.5 Å². The molecule has 7 heteroatoms. The van der Waals surface area contributed by atoms with Crippen LogP contribution in [0.1, 0.15) is 0 Å². The van der Waals surface area contributed by atoms with E-state index in [-0.39, 0.29) is 0 Å². The maximum Gasteiger partial charge on any atom is 0.165 e. The average molecular weight is 822 g/mol. The lowest BCUT2D eigenvalue weighted by Crippen LogP contribution is -2.02. The van der Waals surface area contributed by atoms with Crippen molar-refractivity contribution in [3.63, 3.8) is 0 Å². The summed E-state index contributed by atoms with van der Waals surface area (Å²) < 4.78 is 10.2. The smallest absolute Gasteiger partial charge is 0.165 e. The van der Waals surface area contributed by atoms with Gasteiger partial charge in [0, 0.05) is 94.7 Å². The Morgan fingerprint density at radius 3 is 1.82 bits per heavy atom. The van der Waals surface area contributed by atoms with Gasteiger partial charge in [-0.15, -0.1) is 22.7 Å². The van der Waals surface area contributed by atoms with Gasteiger partial charge in [0.15, 0.2) is 17.5 Å². The third-order valence-corrected chi connectivity index (χ3v) is 16.0. The maximum atomic E-state index is 5.36. The minimum Gasteiger partial charge on any atom is -0.309 e. The van der Waals surface area contributed by atoms with Crippen molar-refractivity contribution >= 4 is 134 Å². The van der Waals surface area contributed by atoms with E-state index < -0.39 is 0 Å². The quantitative estimate of drug-likeness (QED) is 0.178. The first-order valence-corrected chi connectivity index (χ1v) is 22.6. The first kappa shape index (κ1) is 32.1. The van der Waals surface area contributed by atoms with E-state index in [1.165, 1.54) is 100 Å². The van der Waals surface area contributed by atoms with Crippen molar-refractivity contribution in [1.82, 2.24) is 23.9 Å². The fourth-order valence-corrected chi connectivity index (χ4v) is 13.5. The molecule has 0 radical (unpaired) electrons. The van der Waals surface area contributed by atoms with Gasteiger partial charge in [-0.3, -0.25) is 0 Å². The van der Waals surface area contributed by atoms with Crippen molar-refractivity contribution in [2.75, 3.05) is 0 Å². The van der Waals surface area contributed by atoms with Gasteiger partial charge < -0.3 is 8.97 Å². The number of fused-ring (bicyclic) bond motifs is 6. The molecule has 7 aromatic heterocycles. The Balaban J connectivity index is 0.990. The maximum absolute atomic E-state index is 5.36. The number of hydrogen-bond acceptors (Lipinski definition) is 5. The van der Waals surface area contributed by atoms with Gasteiger partial charge in [-0.1, -0.05) is 115 Å². The number of rotatable bonds is 4. The van der Waals surface area contributed by atoms with Crippen LogP contribution in [0.3, 0.4) is 0 Å². The van der Waals surface area contributed by atoms with Gasteiger partial charge in [-0.05, 0) is 53.9 Å². The van der Waals surface area contributed by atoms with Crippen molar-refractivity contribution in [2.24, 2.45) is 0 Å². The molecule has 284 valence electrons. The summed E-state index contributed by atoms with van der Waals surface area (Å²) in [6.07, 6.45) is 0. The predicted molar refractivity (Wildman–Crippen MR) is 262 cm³/mol.